The summed E-state index contributed by atoms with van der Waals surface area (Å²) in [6.07, 6.45) is 1.87. The topological polar surface area (TPSA) is 78.5 Å². The Balaban J connectivity index is 1.55. The number of piperidine rings is 1. The van der Waals surface area contributed by atoms with Gasteiger partial charge < -0.3 is 10.2 Å². The predicted molar refractivity (Wildman–Crippen MR) is 112 cm³/mol. The van der Waals surface area contributed by atoms with Crippen LogP contribution < -0.4 is 10.0 Å². The zero-order valence-corrected chi connectivity index (χ0v) is 17.9. The molecule has 2 heterocycles. The van der Waals surface area contributed by atoms with E-state index in [-0.39, 0.29) is 23.4 Å². The molecule has 1 aliphatic rings. The van der Waals surface area contributed by atoms with Crippen LogP contribution in [0.4, 0.5) is 0 Å². The molecule has 0 radical (unpaired) electrons. The maximum atomic E-state index is 12.5. The second-order valence-electron chi connectivity index (χ2n) is 7.31. The molecular formula is C20H27N3O3S2. The van der Waals surface area contributed by atoms with Crippen molar-refractivity contribution in [3.63, 3.8) is 0 Å². The van der Waals surface area contributed by atoms with Crippen molar-refractivity contribution in [3.05, 3.63) is 52.2 Å². The van der Waals surface area contributed by atoms with Crippen LogP contribution in [0.5, 0.6) is 0 Å². The van der Waals surface area contributed by atoms with Crippen LogP contribution in [0, 0.1) is 0 Å². The molecule has 1 aliphatic heterocycles. The van der Waals surface area contributed by atoms with Gasteiger partial charge in [-0.25, -0.2) is 13.1 Å². The summed E-state index contributed by atoms with van der Waals surface area (Å²) in [6.45, 7) is 6.59. The van der Waals surface area contributed by atoms with Gasteiger partial charge in [0, 0.05) is 42.2 Å². The highest BCUT2D eigenvalue weighted by atomic mass is 32.2. The Bertz CT molecular complexity index is 870. The van der Waals surface area contributed by atoms with Gasteiger partial charge in [-0.3, -0.25) is 4.79 Å². The van der Waals surface area contributed by atoms with E-state index in [0.29, 0.717) is 11.6 Å². The fraction of sp³-hybridized carbons (Fsp3) is 0.450. The van der Waals surface area contributed by atoms with Crippen LogP contribution in [-0.4, -0.2) is 44.4 Å². The highest BCUT2D eigenvalue weighted by molar-refractivity contribution is 7.89. The Hall–Kier alpha value is -1.74. The fourth-order valence-corrected chi connectivity index (χ4v) is 5.02. The molecule has 152 valence electrons. The average Bonchev–Trinajstić information content (AvgIpc) is 3.21. The number of carbonyl (C=O) groups excluding carboxylic acids is 1. The first kappa shape index (κ1) is 21.0. The molecule has 28 heavy (non-hydrogen) atoms. The number of hydrogen-bond donors (Lipinski definition) is 2. The SMILES string of the molecule is CC(C)N1CCC(NC(=O)c2ccc(S(=O)(=O)NCc3cccs3)cc2)CC1. The number of benzene rings is 1. The minimum absolute atomic E-state index is 0.154. The molecule has 2 aromatic rings. The number of thiophene rings is 1. The van der Waals surface area contributed by atoms with E-state index in [1.165, 1.54) is 23.5 Å². The van der Waals surface area contributed by atoms with Gasteiger partial charge in [0.25, 0.3) is 5.91 Å². The number of hydrogen-bond acceptors (Lipinski definition) is 5. The summed E-state index contributed by atoms with van der Waals surface area (Å²) in [6, 6.07) is 10.6. The third kappa shape index (κ3) is 5.41. The minimum atomic E-state index is -3.60. The van der Waals surface area contributed by atoms with Gasteiger partial charge in [-0.15, -0.1) is 11.3 Å². The number of nitrogens with one attached hydrogen (secondary N) is 2. The molecule has 1 fully saturated rings. The zero-order valence-electron chi connectivity index (χ0n) is 16.2. The Labute approximate surface area is 171 Å². The molecule has 3 rings (SSSR count). The van der Waals surface area contributed by atoms with Crippen molar-refractivity contribution in [2.75, 3.05) is 13.1 Å². The Morgan fingerprint density at radius 3 is 2.43 bits per heavy atom. The second-order valence-corrected chi connectivity index (χ2v) is 10.1. The number of likely N-dealkylation sites (tertiary alicyclic amines) is 1. The van der Waals surface area contributed by atoms with Gasteiger partial charge in [0.05, 0.1) is 4.90 Å². The van der Waals surface area contributed by atoms with Gasteiger partial charge in [0.15, 0.2) is 0 Å². The maximum absolute atomic E-state index is 12.5. The monoisotopic (exact) mass is 421 g/mol. The molecule has 1 aromatic carbocycles. The van der Waals surface area contributed by atoms with Crippen LogP contribution in [0.25, 0.3) is 0 Å². The van der Waals surface area contributed by atoms with Crippen LogP contribution >= 0.6 is 11.3 Å². The van der Waals surface area contributed by atoms with Crippen LogP contribution in [0.3, 0.4) is 0 Å². The molecule has 8 heteroatoms. The second kappa shape index (κ2) is 9.17. The number of rotatable bonds is 7. The summed E-state index contributed by atoms with van der Waals surface area (Å²) in [4.78, 5) is 16.0. The van der Waals surface area contributed by atoms with Crippen LogP contribution in [0.2, 0.25) is 0 Å². The summed E-state index contributed by atoms with van der Waals surface area (Å²) < 4.78 is 27.4. The van der Waals surface area contributed by atoms with E-state index in [1.54, 1.807) is 12.1 Å². The smallest absolute Gasteiger partial charge is 0.251 e. The van der Waals surface area contributed by atoms with Crippen molar-refractivity contribution >= 4 is 27.3 Å². The lowest BCUT2D eigenvalue weighted by molar-refractivity contribution is 0.0900. The van der Waals surface area contributed by atoms with Crippen molar-refractivity contribution < 1.29 is 13.2 Å². The Morgan fingerprint density at radius 1 is 1.18 bits per heavy atom. The molecule has 1 amide bonds. The third-order valence-electron chi connectivity index (χ3n) is 5.04. The Morgan fingerprint density at radius 2 is 1.86 bits per heavy atom. The minimum Gasteiger partial charge on any atom is -0.349 e. The predicted octanol–water partition coefficient (Wildman–Crippen LogP) is 2.83. The van der Waals surface area contributed by atoms with Gasteiger partial charge in [-0.05, 0) is 62.4 Å². The van der Waals surface area contributed by atoms with Crippen LogP contribution in [-0.2, 0) is 16.6 Å². The Kier molecular flexibility index (Phi) is 6.87. The molecule has 6 nitrogen and oxygen atoms in total. The highest BCUT2D eigenvalue weighted by Gasteiger charge is 2.22. The van der Waals surface area contributed by atoms with Gasteiger partial charge in [-0.1, -0.05) is 6.07 Å². The van der Waals surface area contributed by atoms with Crippen molar-refractivity contribution in [2.24, 2.45) is 0 Å². The highest BCUT2D eigenvalue weighted by Crippen LogP contribution is 2.16. The first-order valence-corrected chi connectivity index (χ1v) is 11.9. The van der Waals surface area contributed by atoms with Crippen molar-refractivity contribution in [3.8, 4) is 0 Å². The zero-order chi connectivity index (χ0) is 20.1. The van der Waals surface area contributed by atoms with Crippen molar-refractivity contribution in [2.45, 2.75) is 50.2 Å². The summed E-state index contributed by atoms with van der Waals surface area (Å²) in [5, 5.41) is 4.97. The lowest BCUT2D eigenvalue weighted by Gasteiger charge is -2.34. The molecule has 0 atom stereocenters. The molecule has 1 aromatic heterocycles. The normalized spacial score (nSPS) is 16.4. The molecule has 0 saturated carbocycles. The van der Waals surface area contributed by atoms with E-state index in [4.69, 9.17) is 0 Å². The standard InChI is InChI=1S/C20H27N3O3S2/c1-15(2)23-11-9-17(10-12-23)22-20(24)16-5-7-19(8-6-16)28(25,26)21-14-18-4-3-13-27-18/h3-8,13,15,17,21H,9-12,14H2,1-2H3,(H,22,24). The summed E-state index contributed by atoms with van der Waals surface area (Å²) in [5.74, 6) is -0.154. The van der Waals surface area contributed by atoms with E-state index in [9.17, 15) is 13.2 Å². The van der Waals surface area contributed by atoms with E-state index >= 15 is 0 Å². The maximum Gasteiger partial charge on any atom is 0.251 e. The van der Waals surface area contributed by atoms with Crippen LogP contribution in [0.15, 0.2) is 46.7 Å². The van der Waals surface area contributed by atoms with Gasteiger partial charge in [-0.2, -0.15) is 0 Å². The lowest BCUT2D eigenvalue weighted by Crippen LogP contribution is -2.46. The van der Waals surface area contributed by atoms with Crippen LogP contribution in [0.1, 0.15) is 41.9 Å². The molecule has 0 bridgehead atoms. The molecular weight excluding hydrogens is 394 g/mol. The molecule has 0 spiro atoms. The quantitative estimate of drug-likeness (QED) is 0.721. The van der Waals surface area contributed by atoms with Crippen molar-refractivity contribution in [1.82, 2.24) is 14.9 Å². The van der Waals surface area contributed by atoms with E-state index in [0.717, 1.165) is 30.8 Å². The largest absolute Gasteiger partial charge is 0.349 e. The van der Waals surface area contributed by atoms with Gasteiger partial charge in [0.2, 0.25) is 10.0 Å². The van der Waals surface area contributed by atoms with Gasteiger partial charge >= 0.3 is 0 Å². The average molecular weight is 422 g/mol. The number of carbonyl (C=O) groups is 1. The van der Waals surface area contributed by atoms with E-state index < -0.39 is 10.0 Å². The first-order chi connectivity index (χ1) is 13.3. The van der Waals surface area contributed by atoms with Gasteiger partial charge in [0.1, 0.15) is 0 Å². The number of nitrogens with zero attached hydrogens (tertiary/aromatic N) is 1. The summed E-state index contributed by atoms with van der Waals surface area (Å²) in [7, 11) is -3.60. The number of sulfonamides is 1. The lowest BCUT2D eigenvalue weighted by atomic mass is 10.0. The van der Waals surface area contributed by atoms with E-state index in [1.807, 2.05) is 17.5 Å². The van der Waals surface area contributed by atoms with E-state index in [2.05, 4.69) is 28.8 Å². The fourth-order valence-electron chi connectivity index (χ4n) is 3.28. The first-order valence-electron chi connectivity index (χ1n) is 9.52. The summed E-state index contributed by atoms with van der Waals surface area (Å²) >= 11 is 1.50. The number of amides is 1. The molecule has 2 N–H and O–H groups in total. The molecule has 1 saturated heterocycles. The third-order valence-corrected chi connectivity index (χ3v) is 7.33. The molecule has 0 aliphatic carbocycles. The summed E-state index contributed by atoms with van der Waals surface area (Å²) in [5.41, 5.74) is 0.475. The van der Waals surface area contributed by atoms with Crippen molar-refractivity contribution in [1.29, 1.82) is 0 Å². The molecule has 0 unspecified atom stereocenters.